The van der Waals surface area contributed by atoms with Crippen molar-refractivity contribution < 1.29 is 4.74 Å². The van der Waals surface area contributed by atoms with Gasteiger partial charge >= 0.3 is 0 Å². The first-order valence-corrected chi connectivity index (χ1v) is 7.38. The molecule has 1 heterocycles. The van der Waals surface area contributed by atoms with Crippen molar-refractivity contribution >= 4 is 0 Å². The Hall–Kier alpha value is -1.64. The molecule has 1 aliphatic carbocycles. The molecular weight excluding hydrogens is 246 g/mol. The summed E-state index contributed by atoms with van der Waals surface area (Å²) in [6.45, 7) is 0.608. The van der Waals surface area contributed by atoms with Crippen LogP contribution < -0.4 is 5.73 Å². The molecule has 3 atom stereocenters. The van der Waals surface area contributed by atoms with Crippen LogP contribution in [0.4, 0.5) is 0 Å². The Labute approximate surface area is 119 Å². The van der Waals surface area contributed by atoms with Crippen LogP contribution >= 0.6 is 0 Å². The fraction of sp³-hybridized carbons (Fsp3) is 0.333. The highest BCUT2D eigenvalue weighted by atomic mass is 16.5. The second-order valence-corrected chi connectivity index (χ2v) is 5.83. The molecule has 0 spiro atoms. The summed E-state index contributed by atoms with van der Waals surface area (Å²) in [7, 11) is 0. The highest BCUT2D eigenvalue weighted by molar-refractivity contribution is 5.45. The molecule has 0 saturated carbocycles. The fourth-order valence-corrected chi connectivity index (χ4v) is 3.73. The van der Waals surface area contributed by atoms with Crippen LogP contribution in [0.2, 0.25) is 0 Å². The van der Waals surface area contributed by atoms with E-state index in [-0.39, 0.29) is 12.2 Å². The molecule has 2 nitrogen and oxygen atoms in total. The molecule has 20 heavy (non-hydrogen) atoms. The third kappa shape index (κ3) is 1.80. The molecule has 1 fully saturated rings. The molecule has 2 heteroatoms. The first-order valence-electron chi connectivity index (χ1n) is 7.38. The molecule has 0 aromatic heterocycles. The number of rotatable bonds is 1. The van der Waals surface area contributed by atoms with Crippen LogP contribution in [0.1, 0.15) is 40.7 Å². The number of nitrogens with two attached hydrogens (primary N) is 1. The molecule has 0 amide bonds. The third-order valence-corrected chi connectivity index (χ3v) is 4.68. The molecule has 1 saturated heterocycles. The molecule has 2 aromatic rings. The van der Waals surface area contributed by atoms with Crippen LogP contribution in [0.25, 0.3) is 0 Å². The highest BCUT2D eigenvalue weighted by Crippen LogP contribution is 2.48. The van der Waals surface area contributed by atoms with Crippen LogP contribution in [-0.4, -0.2) is 12.6 Å². The maximum absolute atomic E-state index is 6.25. The van der Waals surface area contributed by atoms with E-state index < -0.39 is 0 Å². The average Bonchev–Trinajstić information content (AvgIpc) is 2.87. The molecule has 0 radical (unpaired) electrons. The molecule has 4 rings (SSSR count). The van der Waals surface area contributed by atoms with Crippen molar-refractivity contribution in [1.82, 2.24) is 0 Å². The van der Waals surface area contributed by atoms with Crippen LogP contribution in [-0.2, 0) is 11.2 Å². The summed E-state index contributed by atoms with van der Waals surface area (Å²) in [5.74, 6) is 0.448. The lowest BCUT2D eigenvalue weighted by Gasteiger charge is -2.19. The highest BCUT2D eigenvalue weighted by Gasteiger charge is 2.39. The number of ether oxygens (including phenoxy) is 1. The molecule has 2 aromatic carbocycles. The van der Waals surface area contributed by atoms with Crippen LogP contribution in [0, 0.1) is 0 Å². The SMILES string of the molecule is NCC1CC2c3ccccc3Cc3ccccc3C2O1. The van der Waals surface area contributed by atoms with Crippen LogP contribution in [0.3, 0.4) is 0 Å². The summed E-state index contributed by atoms with van der Waals surface area (Å²) in [6.07, 6.45) is 2.40. The zero-order chi connectivity index (χ0) is 13.5. The van der Waals surface area contributed by atoms with E-state index in [9.17, 15) is 0 Å². The largest absolute Gasteiger partial charge is 0.368 e. The van der Waals surface area contributed by atoms with E-state index in [1.54, 1.807) is 0 Å². The summed E-state index contributed by atoms with van der Waals surface area (Å²) >= 11 is 0. The maximum atomic E-state index is 6.25. The Morgan fingerprint density at radius 3 is 2.35 bits per heavy atom. The Bertz CT molecular complexity index is 583. The monoisotopic (exact) mass is 265 g/mol. The average molecular weight is 265 g/mol. The molecule has 2 aliphatic rings. The summed E-state index contributed by atoms with van der Waals surface area (Å²) in [5.41, 5.74) is 11.5. The van der Waals surface area contributed by atoms with Gasteiger partial charge in [-0.3, -0.25) is 0 Å². The molecule has 0 bridgehead atoms. The summed E-state index contributed by atoms with van der Waals surface area (Å²) < 4.78 is 6.25. The van der Waals surface area contributed by atoms with E-state index in [0.29, 0.717) is 12.5 Å². The van der Waals surface area contributed by atoms with Gasteiger partial charge in [0, 0.05) is 12.5 Å². The van der Waals surface area contributed by atoms with Crippen LogP contribution in [0.5, 0.6) is 0 Å². The van der Waals surface area contributed by atoms with Crippen molar-refractivity contribution in [3.05, 3.63) is 70.8 Å². The smallest absolute Gasteiger partial charge is 0.0901 e. The fourth-order valence-electron chi connectivity index (χ4n) is 3.73. The lowest BCUT2D eigenvalue weighted by molar-refractivity contribution is 0.0455. The maximum Gasteiger partial charge on any atom is 0.0901 e. The standard InChI is InChI=1S/C18H19NO/c19-11-14-10-17-15-7-3-1-5-12(15)9-13-6-2-4-8-16(13)18(17)20-14/h1-8,14,17-18H,9-11,19H2. The van der Waals surface area contributed by atoms with Crippen LogP contribution in [0.15, 0.2) is 48.5 Å². The number of hydrogen-bond donors (Lipinski definition) is 1. The second-order valence-electron chi connectivity index (χ2n) is 5.83. The van der Waals surface area contributed by atoms with Crippen molar-refractivity contribution in [3.63, 3.8) is 0 Å². The Morgan fingerprint density at radius 1 is 0.950 bits per heavy atom. The summed E-state index contributed by atoms with van der Waals surface area (Å²) in [6, 6.07) is 17.5. The Balaban J connectivity index is 1.89. The normalized spacial score (nSPS) is 27.4. The van der Waals surface area contributed by atoms with Crippen molar-refractivity contribution in [1.29, 1.82) is 0 Å². The van der Waals surface area contributed by atoms with E-state index in [0.717, 1.165) is 12.8 Å². The van der Waals surface area contributed by atoms with Gasteiger partial charge in [-0.1, -0.05) is 48.5 Å². The van der Waals surface area contributed by atoms with Crippen molar-refractivity contribution in [3.8, 4) is 0 Å². The molecule has 2 N–H and O–H groups in total. The minimum absolute atomic E-state index is 0.170. The summed E-state index contributed by atoms with van der Waals surface area (Å²) in [4.78, 5) is 0. The van der Waals surface area contributed by atoms with E-state index >= 15 is 0 Å². The van der Waals surface area contributed by atoms with Crippen molar-refractivity contribution in [2.24, 2.45) is 5.73 Å². The van der Waals surface area contributed by atoms with E-state index in [2.05, 4.69) is 48.5 Å². The van der Waals surface area contributed by atoms with E-state index in [4.69, 9.17) is 10.5 Å². The van der Waals surface area contributed by atoms with Gasteiger partial charge < -0.3 is 10.5 Å². The molecule has 102 valence electrons. The lowest BCUT2D eigenvalue weighted by Crippen LogP contribution is -2.19. The molecule has 1 aliphatic heterocycles. The number of hydrogen-bond acceptors (Lipinski definition) is 2. The van der Waals surface area contributed by atoms with E-state index in [1.165, 1.54) is 22.3 Å². The quantitative estimate of drug-likeness (QED) is 0.859. The topological polar surface area (TPSA) is 35.2 Å². The molecular formula is C18H19NO. The van der Waals surface area contributed by atoms with Gasteiger partial charge in [-0.2, -0.15) is 0 Å². The van der Waals surface area contributed by atoms with Gasteiger partial charge in [0.1, 0.15) is 0 Å². The minimum atomic E-state index is 0.170. The van der Waals surface area contributed by atoms with Gasteiger partial charge in [-0.05, 0) is 35.1 Å². The van der Waals surface area contributed by atoms with Gasteiger partial charge in [-0.25, -0.2) is 0 Å². The zero-order valence-electron chi connectivity index (χ0n) is 11.5. The second kappa shape index (κ2) is 4.72. The predicted octanol–water partition coefficient (Wildman–Crippen LogP) is 3.16. The predicted molar refractivity (Wildman–Crippen MR) is 79.7 cm³/mol. The first kappa shape index (κ1) is 12.1. The Morgan fingerprint density at radius 2 is 1.60 bits per heavy atom. The lowest BCUT2D eigenvalue weighted by atomic mass is 9.87. The summed E-state index contributed by atoms with van der Waals surface area (Å²) in [5, 5.41) is 0. The van der Waals surface area contributed by atoms with Gasteiger partial charge in [0.25, 0.3) is 0 Å². The molecule has 3 unspecified atom stereocenters. The van der Waals surface area contributed by atoms with Gasteiger partial charge in [0.2, 0.25) is 0 Å². The van der Waals surface area contributed by atoms with Gasteiger partial charge in [-0.15, -0.1) is 0 Å². The number of benzene rings is 2. The van der Waals surface area contributed by atoms with Crippen molar-refractivity contribution in [2.45, 2.75) is 31.0 Å². The first-order chi connectivity index (χ1) is 9.86. The van der Waals surface area contributed by atoms with Crippen molar-refractivity contribution in [2.75, 3.05) is 6.54 Å². The van der Waals surface area contributed by atoms with Gasteiger partial charge in [0.15, 0.2) is 0 Å². The van der Waals surface area contributed by atoms with E-state index in [1.807, 2.05) is 0 Å². The number of fused-ring (bicyclic) bond motifs is 5. The third-order valence-electron chi connectivity index (χ3n) is 4.68. The minimum Gasteiger partial charge on any atom is -0.368 e. The Kier molecular flexibility index (Phi) is 2.86. The van der Waals surface area contributed by atoms with Gasteiger partial charge in [0.05, 0.1) is 12.2 Å². The zero-order valence-corrected chi connectivity index (χ0v) is 11.5.